The number of rotatable bonds is 0. The summed E-state index contributed by atoms with van der Waals surface area (Å²) in [6.45, 7) is 0. The van der Waals surface area contributed by atoms with E-state index in [1.165, 1.54) is 4.40 Å². The third-order valence-electron chi connectivity index (χ3n) is 2.04. The number of aromatic nitrogens is 2. The van der Waals surface area contributed by atoms with E-state index in [0.717, 1.165) is 24.4 Å². The predicted molar refractivity (Wildman–Crippen MR) is 50.9 cm³/mol. The van der Waals surface area contributed by atoms with Gasteiger partial charge < -0.3 is 5.73 Å². The second-order valence-corrected chi connectivity index (χ2v) is 3.16. The molecule has 2 N–H and O–H groups in total. The molecule has 7 heteroatoms. The van der Waals surface area contributed by atoms with Gasteiger partial charge in [-0.1, -0.05) is 0 Å². The molecule has 4 nitrogen and oxygen atoms in total. The SMILES string of the molecule is Nc1cc(=O)nc2cc(C(F)(F)F)ccn12. The molecule has 0 saturated heterocycles. The van der Waals surface area contributed by atoms with E-state index >= 15 is 0 Å². The quantitative estimate of drug-likeness (QED) is 0.740. The minimum atomic E-state index is -4.47. The number of nitrogen functional groups attached to an aromatic ring is 1. The van der Waals surface area contributed by atoms with Crippen LogP contribution < -0.4 is 11.3 Å². The number of pyridine rings is 1. The number of nitrogens with two attached hydrogens (primary N) is 1. The van der Waals surface area contributed by atoms with Gasteiger partial charge in [-0.3, -0.25) is 9.20 Å². The van der Waals surface area contributed by atoms with Crippen molar-refractivity contribution < 1.29 is 13.2 Å². The van der Waals surface area contributed by atoms with Crippen molar-refractivity contribution in [1.82, 2.24) is 9.38 Å². The van der Waals surface area contributed by atoms with E-state index < -0.39 is 17.3 Å². The first-order valence-corrected chi connectivity index (χ1v) is 4.24. The predicted octanol–water partition coefficient (Wildman–Crippen LogP) is 1.30. The molecule has 2 rings (SSSR count). The monoisotopic (exact) mass is 229 g/mol. The van der Waals surface area contributed by atoms with E-state index in [4.69, 9.17) is 5.73 Å². The highest BCUT2D eigenvalue weighted by molar-refractivity contribution is 5.48. The Hall–Kier alpha value is -2.05. The summed E-state index contributed by atoms with van der Waals surface area (Å²) in [5.74, 6) is 0.0451. The van der Waals surface area contributed by atoms with Crippen molar-refractivity contribution in [3.63, 3.8) is 0 Å². The molecule has 0 aliphatic carbocycles. The van der Waals surface area contributed by atoms with Gasteiger partial charge in [-0.25, -0.2) is 0 Å². The standard InChI is InChI=1S/C9H6F3N3O/c10-9(11,12)5-1-2-15-6(13)4-8(16)14-7(15)3-5/h1-4H,13H2. The van der Waals surface area contributed by atoms with Crippen molar-refractivity contribution >= 4 is 11.5 Å². The van der Waals surface area contributed by atoms with E-state index in [1.54, 1.807) is 0 Å². The van der Waals surface area contributed by atoms with Crippen LogP contribution in [0.15, 0.2) is 29.2 Å². The lowest BCUT2D eigenvalue weighted by Gasteiger charge is -2.09. The molecule has 0 fully saturated rings. The minimum absolute atomic E-state index is 0.0451. The van der Waals surface area contributed by atoms with Crippen LogP contribution in [0.3, 0.4) is 0 Å². The molecular weight excluding hydrogens is 223 g/mol. The Kier molecular flexibility index (Phi) is 2.11. The van der Waals surface area contributed by atoms with E-state index in [1.807, 2.05) is 0 Å². The van der Waals surface area contributed by atoms with Crippen LogP contribution in [0.2, 0.25) is 0 Å². The van der Waals surface area contributed by atoms with Crippen LogP contribution in [-0.4, -0.2) is 9.38 Å². The van der Waals surface area contributed by atoms with E-state index in [-0.39, 0.29) is 11.5 Å². The molecule has 2 aromatic heterocycles. The number of nitrogens with zero attached hydrogens (tertiary/aromatic N) is 2. The summed E-state index contributed by atoms with van der Waals surface area (Å²) in [6.07, 6.45) is -3.34. The molecule has 2 heterocycles. The largest absolute Gasteiger partial charge is 0.416 e. The summed E-state index contributed by atoms with van der Waals surface area (Å²) in [5, 5.41) is 0. The summed E-state index contributed by atoms with van der Waals surface area (Å²) >= 11 is 0. The van der Waals surface area contributed by atoms with Gasteiger partial charge in [-0.2, -0.15) is 18.2 Å². The van der Waals surface area contributed by atoms with Gasteiger partial charge in [0.1, 0.15) is 11.5 Å². The number of hydrogen-bond acceptors (Lipinski definition) is 3. The van der Waals surface area contributed by atoms with Gasteiger partial charge in [0.2, 0.25) is 0 Å². The molecule has 0 atom stereocenters. The van der Waals surface area contributed by atoms with Crippen LogP contribution in [0.1, 0.15) is 5.56 Å². The minimum Gasteiger partial charge on any atom is -0.385 e. The fourth-order valence-corrected chi connectivity index (χ4v) is 1.31. The first-order valence-electron chi connectivity index (χ1n) is 4.24. The Morgan fingerprint density at radius 3 is 2.62 bits per heavy atom. The Bertz CT molecular complexity index is 603. The lowest BCUT2D eigenvalue weighted by atomic mass is 10.2. The molecule has 0 bridgehead atoms. The molecule has 0 aliphatic heterocycles. The van der Waals surface area contributed by atoms with E-state index in [0.29, 0.717) is 0 Å². The van der Waals surface area contributed by atoms with Crippen LogP contribution in [0.25, 0.3) is 5.65 Å². The number of fused-ring (bicyclic) bond motifs is 1. The van der Waals surface area contributed by atoms with Gasteiger partial charge in [0.05, 0.1) is 5.56 Å². The average Bonchev–Trinajstić information content (AvgIpc) is 2.15. The zero-order chi connectivity index (χ0) is 11.9. The Balaban J connectivity index is 2.76. The molecule has 0 radical (unpaired) electrons. The van der Waals surface area contributed by atoms with E-state index in [2.05, 4.69) is 4.98 Å². The average molecular weight is 229 g/mol. The number of hydrogen-bond donors (Lipinski definition) is 1. The first kappa shape index (κ1) is 10.5. The summed E-state index contributed by atoms with van der Waals surface area (Å²) in [6, 6.07) is 2.69. The molecule has 2 aromatic rings. The zero-order valence-corrected chi connectivity index (χ0v) is 7.82. The molecule has 0 aliphatic rings. The summed E-state index contributed by atoms with van der Waals surface area (Å²) in [7, 11) is 0. The summed E-state index contributed by atoms with van der Waals surface area (Å²) in [4.78, 5) is 14.4. The fraction of sp³-hybridized carbons (Fsp3) is 0.111. The van der Waals surface area contributed by atoms with Gasteiger partial charge >= 0.3 is 6.18 Å². The topological polar surface area (TPSA) is 60.4 Å². The lowest BCUT2D eigenvalue weighted by Crippen LogP contribution is -2.13. The molecular formula is C9H6F3N3O. The highest BCUT2D eigenvalue weighted by atomic mass is 19.4. The molecule has 0 aromatic carbocycles. The van der Waals surface area contributed by atoms with Crippen molar-refractivity contribution in [2.75, 3.05) is 5.73 Å². The highest BCUT2D eigenvalue weighted by Crippen LogP contribution is 2.29. The van der Waals surface area contributed by atoms with Crippen molar-refractivity contribution in [3.8, 4) is 0 Å². The maximum atomic E-state index is 12.4. The molecule has 84 valence electrons. The fourth-order valence-electron chi connectivity index (χ4n) is 1.31. The van der Waals surface area contributed by atoms with Crippen LogP contribution in [0.4, 0.5) is 19.0 Å². The smallest absolute Gasteiger partial charge is 0.385 e. The number of anilines is 1. The van der Waals surface area contributed by atoms with Gasteiger partial charge in [0.25, 0.3) is 5.56 Å². The van der Waals surface area contributed by atoms with Crippen LogP contribution >= 0.6 is 0 Å². The van der Waals surface area contributed by atoms with Gasteiger partial charge in [-0.05, 0) is 12.1 Å². The van der Waals surface area contributed by atoms with Crippen LogP contribution in [-0.2, 0) is 6.18 Å². The van der Waals surface area contributed by atoms with Crippen molar-refractivity contribution in [2.45, 2.75) is 6.18 Å². The zero-order valence-electron chi connectivity index (χ0n) is 7.82. The van der Waals surface area contributed by atoms with Crippen LogP contribution in [0.5, 0.6) is 0 Å². The Morgan fingerprint density at radius 2 is 2.00 bits per heavy atom. The van der Waals surface area contributed by atoms with Crippen LogP contribution in [0, 0.1) is 0 Å². The van der Waals surface area contributed by atoms with Crippen molar-refractivity contribution in [1.29, 1.82) is 0 Å². The third-order valence-corrected chi connectivity index (χ3v) is 2.04. The molecule has 0 saturated carbocycles. The molecule has 0 amide bonds. The number of halogens is 3. The number of alkyl halides is 3. The third kappa shape index (κ3) is 1.71. The molecule has 0 spiro atoms. The maximum absolute atomic E-state index is 12.4. The van der Waals surface area contributed by atoms with Gasteiger partial charge in [-0.15, -0.1) is 0 Å². The van der Waals surface area contributed by atoms with Crippen molar-refractivity contribution in [3.05, 3.63) is 40.3 Å². The van der Waals surface area contributed by atoms with E-state index in [9.17, 15) is 18.0 Å². The maximum Gasteiger partial charge on any atom is 0.416 e. The Labute approximate surface area is 87.1 Å². The second kappa shape index (κ2) is 3.22. The first-order chi connectivity index (χ1) is 7.38. The van der Waals surface area contributed by atoms with Crippen molar-refractivity contribution in [2.24, 2.45) is 0 Å². The normalized spacial score (nSPS) is 11.9. The highest BCUT2D eigenvalue weighted by Gasteiger charge is 2.30. The second-order valence-electron chi connectivity index (χ2n) is 3.16. The van der Waals surface area contributed by atoms with Gasteiger partial charge in [0.15, 0.2) is 0 Å². The summed E-state index contributed by atoms with van der Waals surface area (Å²) in [5.41, 5.74) is 3.79. The lowest BCUT2D eigenvalue weighted by molar-refractivity contribution is -0.137. The summed E-state index contributed by atoms with van der Waals surface area (Å²) < 4.78 is 38.3. The van der Waals surface area contributed by atoms with Gasteiger partial charge in [0, 0.05) is 12.3 Å². The molecule has 0 unspecified atom stereocenters. The Morgan fingerprint density at radius 1 is 1.31 bits per heavy atom. The molecule has 16 heavy (non-hydrogen) atoms.